The number of aromatic nitrogens is 3. The Kier molecular flexibility index (Phi) is 10.4. The number of fused-ring (bicyclic) bond motifs is 7. The van der Waals surface area contributed by atoms with Crippen molar-refractivity contribution in [3.8, 4) is 0 Å². The summed E-state index contributed by atoms with van der Waals surface area (Å²) in [7, 11) is 1.43. The van der Waals surface area contributed by atoms with E-state index in [1.54, 1.807) is 6.92 Å². The van der Waals surface area contributed by atoms with Crippen LogP contribution in [0, 0.1) is 38.5 Å². The molecule has 2 aliphatic heterocycles. The summed E-state index contributed by atoms with van der Waals surface area (Å²) in [4.78, 5) is 27.9. The van der Waals surface area contributed by atoms with E-state index in [0.717, 1.165) is 68.6 Å². The van der Waals surface area contributed by atoms with Gasteiger partial charge in [-0.1, -0.05) is 72.4 Å². The van der Waals surface area contributed by atoms with Crippen LogP contribution in [0.25, 0.3) is 29.1 Å². The Morgan fingerprint density at radius 2 is 1.60 bits per heavy atom. The SMILES string of the molecule is CCOC(=O)CC[C@@H]1/C2=C3/c4[n-]c(c(C)c4[C@@H](O)[C@@H]3C(O)OC)/C=c3\[n-]/c(c(C)c3CC)=C\c3[n-]c(c(C)c3CC)/C=C(\[N-]2)[C@H]1C.[Mg+2]. The number of carbonyl (C=O) groups is 1. The standard InChI is InChI=1S/C37H44N4O5.Mg/c1-9-21-17(4)24-14-26-19(6)23(12-13-30(42)46-11-3)34(40-26)32-33(37(44)45-8)36(43)31-20(7)27(41-35(31)32)16-29-22(10-2)18(5)25(39-29)15-28(21)38-24;/h14-16,19,23,33,36-37,43-44H,9-13H2,1-8H3;/q-4;+2/b25-15-,26-14-,29-16-,34-32-;/t19-,23-,33+,36+,37?;/m0./s1. The van der Waals surface area contributed by atoms with Crippen LogP contribution < -0.4 is 25.7 Å². The van der Waals surface area contributed by atoms with Gasteiger partial charge in [0.2, 0.25) is 0 Å². The van der Waals surface area contributed by atoms with Crippen LogP contribution in [-0.4, -0.2) is 59.2 Å². The van der Waals surface area contributed by atoms with Gasteiger partial charge in [-0.2, -0.15) is 11.4 Å². The first-order valence-corrected chi connectivity index (χ1v) is 16.5. The largest absolute Gasteiger partial charge is 2.00 e. The fourth-order valence-corrected chi connectivity index (χ4v) is 7.67. The smallest absolute Gasteiger partial charge is 0.664 e. The molecule has 246 valence electrons. The summed E-state index contributed by atoms with van der Waals surface area (Å²) in [5.74, 6) is -1.32. The van der Waals surface area contributed by atoms with Gasteiger partial charge in [-0.3, -0.25) is 4.79 Å². The van der Waals surface area contributed by atoms with Crippen molar-refractivity contribution < 1.29 is 24.5 Å². The summed E-state index contributed by atoms with van der Waals surface area (Å²) in [6.45, 7) is 14.7. The molecule has 2 N–H and O–H groups in total. The van der Waals surface area contributed by atoms with E-state index >= 15 is 0 Å². The van der Waals surface area contributed by atoms with E-state index in [9.17, 15) is 15.0 Å². The van der Waals surface area contributed by atoms with Gasteiger partial charge in [0.1, 0.15) is 0 Å². The molecule has 47 heavy (non-hydrogen) atoms. The maximum Gasteiger partial charge on any atom is 2.00 e. The van der Waals surface area contributed by atoms with Crippen LogP contribution in [-0.2, 0) is 27.1 Å². The van der Waals surface area contributed by atoms with E-state index in [4.69, 9.17) is 29.7 Å². The Bertz CT molecular complexity index is 1880. The van der Waals surface area contributed by atoms with Gasteiger partial charge in [0.25, 0.3) is 0 Å². The van der Waals surface area contributed by atoms with E-state index < -0.39 is 18.3 Å². The summed E-state index contributed by atoms with van der Waals surface area (Å²) in [5, 5.41) is 29.9. The average molecular weight is 649 g/mol. The number of carbonyl (C=O) groups excluding carboxylic acids is 1. The molecule has 1 fully saturated rings. The first kappa shape index (κ1) is 35.3. The van der Waals surface area contributed by atoms with Crippen LogP contribution >= 0.6 is 0 Å². The molecule has 5 heterocycles. The zero-order valence-corrected chi connectivity index (χ0v) is 30.2. The zero-order valence-electron chi connectivity index (χ0n) is 28.8. The topological polar surface area (TPSA) is 132 Å². The molecular formula is C37H44MgN4O5-2. The second kappa shape index (κ2) is 13.8. The molecule has 3 aromatic rings. The van der Waals surface area contributed by atoms with Crippen molar-refractivity contribution in [3.63, 3.8) is 0 Å². The van der Waals surface area contributed by atoms with Gasteiger partial charge in [0, 0.05) is 13.5 Å². The molecule has 5 atom stereocenters. The second-order valence-electron chi connectivity index (χ2n) is 12.7. The molecule has 0 spiro atoms. The van der Waals surface area contributed by atoms with Gasteiger partial charge in [-0.05, 0) is 64.4 Å². The molecule has 1 saturated heterocycles. The number of hydrogen-bond donors (Lipinski definition) is 2. The third-order valence-corrected chi connectivity index (χ3v) is 10.3. The average Bonchev–Trinajstić information content (AvgIpc) is 3.77. The predicted octanol–water partition coefficient (Wildman–Crippen LogP) is 3.56. The van der Waals surface area contributed by atoms with E-state index in [1.807, 2.05) is 13.0 Å². The van der Waals surface area contributed by atoms with Crippen LogP contribution in [0.15, 0.2) is 11.4 Å². The fraction of sp³-hybridized carbons (Fsp3) is 0.486. The number of aliphatic hydroxyl groups is 2. The van der Waals surface area contributed by atoms with Gasteiger partial charge in [0.15, 0.2) is 6.29 Å². The van der Waals surface area contributed by atoms with Crippen molar-refractivity contribution in [1.29, 1.82) is 0 Å². The quantitative estimate of drug-likeness (QED) is 0.215. The number of methoxy groups -OCH3 is 1. The monoisotopic (exact) mass is 648 g/mol. The summed E-state index contributed by atoms with van der Waals surface area (Å²) in [6, 6.07) is 0. The van der Waals surface area contributed by atoms with Gasteiger partial charge in [-0.25, -0.2) is 0 Å². The number of allylic oxidation sites excluding steroid dienone is 2. The zero-order chi connectivity index (χ0) is 33.0. The minimum absolute atomic E-state index is 0. The second-order valence-corrected chi connectivity index (χ2v) is 12.7. The van der Waals surface area contributed by atoms with Gasteiger partial charge >= 0.3 is 29.0 Å². The van der Waals surface area contributed by atoms with Crippen LogP contribution in [0.1, 0.15) is 103 Å². The van der Waals surface area contributed by atoms with Crippen LogP contribution in [0.4, 0.5) is 0 Å². The molecule has 6 rings (SSSR count). The summed E-state index contributed by atoms with van der Waals surface area (Å²) in [6.07, 6.45) is 6.16. The minimum atomic E-state index is -1.29. The number of ether oxygens (including phenoxy) is 2. The molecule has 3 aromatic heterocycles. The number of nitrogens with zero attached hydrogens (tertiary/aromatic N) is 4. The van der Waals surface area contributed by atoms with Crippen molar-refractivity contribution in [3.05, 3.63) is 83.6 Å². The summed E-state index contributed by atoms with van der Waals surface area (Å²) < 4.78 is 10.7. The van der Waals surface area contributed by atoms with Gasteiger partial charge in [0.05, 0.1) is 18.6 Å². The third-order valence-electron chi connectivity index (χ3n) is 10.3. The molecule has 0 aromatic carbocycles. The Balaban J connectivity index is 0.00000433. The van der Waals surface area contributed by atoms with Gasteiger partial charge in [-0.15, -0.1) is 33.5 Å². The molecule has 0 radical (unpaired) electrons. The van der Waals surface area contributed by atoms with Crippen molar-refractivity contribution in [2.45, 2.75) is 86.5 Å². The van der Waals surface area contributed by atoms with Crippen molar-refractivity contribution in [2.24, 2.45) is 17.8 Å². The Labute approximate surface area is 292 Å². The molecule has 1 unspecified atom stereocenters. The minimum Gasteiger partial charge on any atom is -0.664 e. The third kappa shape index (κ3) is 5.86. The summed E-state index contributed by atoms with van der Waals surface area (Å²) in [5.41, 5.74) is 11.4. The molecule has 0 amide bonds. The number of esters is 1. The van der Waals surface area contributed by atoms with Crippen molar-refractivity contribution in [1.82, 2.24) is 15.0 Å². The Hall–Kier alpha value is -3.02. The molecule has 9 nitrogen and oxygen atoms in total. The maximum absolute atomic E-state index is 12.6. The number of hydrogen-bond acceptors (Lipinski definition) is 5. The molecule has 10 heteroatoms. The van der Waals surface area contributed by atoms with E-state index in [-0.39, 0.29) is 47.3 Å². The van der Waals surface area contributed by atoms with Crippen LogP contribution in [0.3, 0.4) is 0 Å². The maximum atomic E-state index is 12.6. The molecule has 0 saturated carbocycles. The van der Waals surface area contributed by atoms with Crippen LogP contribution in [0.5, 0.6) is 0 Å². The van der Waals surface area contributed by atoms with Gasteiger partial charge < -0.3 is 40.0 Å². The molecule has 8 bridgehead atoms. The molecule has 1 aliphatic carbocycles. The van der Waals surface area contributed by atoms with E-state index in [2.05, 4.69) is 46.8 Å². The normalized spacial score (nSPS) is 26.0. The van der Waals surface area contributed by atoms with Crippen molar-refractivity contribution >= 4 is 52.8 Å². The van der Waals surface area contributed by atoms with Crippen molar-refractivity contribution in [2.75, 3.05) is 13.7 Å². The predicted molar refractivity (Wildman–Crippen MR) is 183 cm³/mol. The summed E-state index contributed by atoms with van der Waals surface area (Å²) >= 11 is 0. The van der Waals surface area contributed by atoms with E-state index in [1.165, 1.54) is 12.7 Å². The first-order chi connectivity index (χ1) is 22.0. The number of rotatable bonds is 8. The Morgan fingerprint density at radius 1 is 0.915 bits per heavy atom. The van der Waals surface area contributed by atoms with E-state index in [0.29, 0.717) is 35.6 Å². The fourth-order valence-electron chi connectivity index (χ4n) is 7.67. The molecule has 3 aliphatic rings. The first-order valence-electron chi connectivity index (χ1n) is 16.5. The molecular weight excluding hydrogens is 605 g/mol. The Morgan fingerprint density at radius 3 is 2.26 bits per heavy atom. The number of aliphatic hydroxyl groups excluding tert-OH is 2. The van der Waals surface area contributed by atoms with Crippen LogP contribution in [0.2, 0.25) is 0 Å².